The predicted molar refractivity (Wildman–Crippen MR) is 79.2 cm³/mol. The Morgan fingerprint density at radius 1 is 1.38 bits per heavy atom. The number of carbonyl (C=O) groups is 1. The van der Waals surface area contributed by atoms with E-state index in [4.69, 9.17) is 5.11 Å². The van der Waals surface area contributed by atoms with Crippen LogP contribution in [0.1, 0.15) is 30.1 Å². The molecule has 24 heavy (non-hydrogen) atoms. The van der Waals surface area contributed by atoms with Crippen LogP contribution in [-0.2, 0) is 11.2 Å². The maximum absolute atomic E-state index is 12.6. The zero-order chi connectivity index (χ0) is 17.6. The summed E-state index contributed by atoms with van der Waals surface area (Å²) in [4.78, 5) is 23.6. The van der Waals surface area contributed by atoms with Crippen LogP contribution in [0.25, 0.3) is 10.9 Å². The highest BCUT2D eigenvalue weighted by Crippen LogP contribution is 2.39. The van der Waals surface area contributed by atoms with E-state index < -0.39 is 29.9 Å². The molecule has 0 amide bonds. The van der Waals surface area contributed by atoms with E-state index in [1.54, 1.807) is 6.92 Å². The molecule has 1 aliphatic carbocycles. The number of ether oxygens (including phenoxy) is 1. The fraction of sp³-hybridized carbons (Fsp3) is 0.375. The number of alkyl halides is 3. The first-order valence-corrected chi connectivity index (χ1v) is 7.32. The van der Waals surface area contributed by atoms with E-state index in [0.717, 1.165) is 25.0 Å². The zero-order valence-corrected chi connectivity index (χ0v) is 12.7. The second-order valence-corrected chi connectivity index (χ2v) is 5.79. The van der Waals surface area contributed by atoms with Gasteiger partial charge in [0.25, 0.3) is 0 Å². The third-order valence-corrected chi connectivity index (χ3v) is 4.02. The molecular formula is C16H14F3NO4. The van der Waals surface area contributed by atoms with Gasteiger partial charge >= 0.3 is 12.3 Å². The standard InChI is InChI=1S/C16H14F3NO4/c1-8-11(7-14(21)22)15(23)12-6-10(24-16(17,18)19)4-5-13(12)20(8)9-2-3-9/h4-6,9H,2-3,7H2,1H3,(H,21,22). The van der Waals surface area contributed by atoms with Gasteiger partial charge in [-0.05, 0) is 38.0 Å². The Morgan fingerprint density at radius 3 is 2.58 bits per heavy atom. The molecule has 1 aromatic heterocycles. The molecule has 0 radical (unpaired) electrons. The molecule has 2 aromatic rings. The number of rotatable bonds is 4. The molecule has 0 saturated heterocycles. The van der Waals surface area contributed by atoms with E-state index in [0.29, 0.717) is 11.2 Å². The molecule has 0 spiro atoms. The first-order chi connectivity index (χ1) is 11.2. The van der Waals surface area contributed by atoms with Crippen molar-refractivity contribution < 1.29 is 27.8 Å². The van der Waals surface area contributed by atoms with Gasteiger partial charge in [0, 0.05) is 22.7 Å². The van der Waals surface area contributed by atoms with Gasteiger partial charge < -0.3 is 14.4 Å². The van der Waals surface area contributed by atoms with Crippen LogP contribution in [0.4, 0.5) is 13.2 Å². The van der Waals surface area contributed by atoms with Crippen LogP contribution in [-0.4, -0.2) is 22.0 Å². The number of hydrogen-bond donors (Lipinski definition) is 1. The summed E-state index contributed by atoms with van der Waals surface area (Å²) in [5.41, 5.74) is 0.547. The van der Waals surface area contributed by atoms with Crippen LogP contribution in [0, 0.1) is 6.92 Å². The number of hydrogen-bond acceptors (Lipinski definition) is 3. The SMILES string of the molecule is Cc1c(CC(=O)O)c(=O)c2cc(OC(F)(F)F)ccc2n1C1CC1. The molecule has 1 heterocycles. The molecule has 8 heteroatoms. The number of aromatic nitrogens is 1. The van der Waals surface area contributed by atoms with Gasteiger partial charge in [-0.15, -0.1) is 13.2 Å². The monoisotopic (exact) mass is 341 g/mol. The van der Waals surface area contributed by atoms with Gasteiger partial charge in [-0.3, -0.25) is 9.59 Å². The minimum atomic E-state index is -4.86. The second kappa shape index (κ2) is 5.54. The number of benzene rings is 1. The molecule has 1 N–H and O–H groups in total. The molecule has 128 valence electrons. The Hall–Kier alpha value is -2.51. The topological polar surface area (TPSA) is 68.5 Å². The Morgan fingerprint density at radius 2 is 2.04 bits per heavy atom. The maximum atomic E-state index is 12.6. The van der Waals surface area contributed by atoms with Crippen LogP contribution in [0.15, 0.2) is 23.0 Å². The lowest BCUT2D eigenvalue weighted by atomic mass is 10.0. The van der Waals surface area contributed by atoms with Crippen LogP contribution in [0.2, 0.25) is 0 Å². The smallest absolute Gasteiger partial charge is 0.481 e. The van der Waals surface area contributed by atoms with E-state index in [-0.39, 0.29) is 17.0 Å². The van der Waals surface area contributed by atoms with Gasteiger partial charge in [-0.1, -0.05) is 0 Å². The third-order valence-electron chi connectivity index (χ3n) is 4.02. The molecule has 1 aliphatic rings. The quantitative estimate of drug-likeness (QED) is 0.927. The van der Waals surface area contributed by atoms with Crippen LogP contribution in [0.3, 0.4) is 0 Å². The summed E-state index contributed by atoms with van der Waals surface area (Å²) in [6.07, 6.45) is -3.58. The van der Waals surface area contributed by atoms with Gasteiger partial charge in [-0.25, -0.2) is 0 Å². The van der Waals surface area contributed by atoms with E-state index in [1.165, 1.54) is 6.07 Å². The van der Waals surface area contributed by atoms with Gasteiger partial charge in [0.2, 0.25) is 0 Å². The summed E-state index contributed by atoms with van der Waals surface area (Å²) >= 11 is 0. The largest absolute Gasteiger partial charge is 0.573 e. The molecule has 0 aliphatic heterocycles. The summed E-state index contributed by atoms with van der Waals surface area (Å²) in [6.45, 7) is 1.66. The molecule has 1 aromatic carbocycles. The van der Waals surface area contributed by atoms with Crippen molar-refractivity contribution in [3.05, 3.63) is 39.7 Å². The van der Waals surface area contributed by atoms with Crippen molar-refractivity contribution in [3.63, 3.8) is 0 Å². The number of carboxylic acids is 1. The van der Waals surface area contributed by atoms with Gasteiger partial charge in [0.05, 0.1) is 11.9 Å². The Bertz CT molecular complexity index is 881. The fourth-order valence-corrected chi connectivity index (χ4v) is 2.92. The number of aliphatic carboxylic acids is 1. The molecule has 5 nitrogen and oxygen atoms in total. The lowest BCUT2D eigenvalue weighted by molar-refractivity contribution is -0.274. The normalized spacial score (nSPS) is 14.8. The maximum Gasteiger partial charge on any atom is 0.573 e. The number of pyridine rings is 1. The lowest BCUT2D eigenvalue weighted by Gasteiger charge is -2.18. The van der Waals surface area contributed by atoms with Crippen molar-refractivity contribution in [2.45, 2.75) is 38.6 Å². The summed E-state index contributed by atoms with van der Waals surface area (Å²) in [5, 5.41) is 9.05. The number of nitrogens with zero attached hydrogens (tertiary/aromatic N) is 1. The Labute approximate surface area is 134 Å². The fourth-order valence-electron chi connectivity index (χ4n) is 2.92. The van der Waals surface area contributed by atoms with Crippen molar-refractivity contribution in [2.75, 3.05) is 0 Å². The van der Waals surface area contributed by atoms with E-state index in [9.17, 15) is 22.8 Å². The molecule has 1 fully saturated rings. The van der Waals surface area contributed by atoms with Crippen molar-refractivity contribution in [1.29, 1.82) is 0 Å². The average molecular weight is 341 g/mol. The summed E-state index contributed by atoms with van der Waals surface area (Å²) in [6, 6.07) is 3.72. The van der Waals surface area contributed by atoms with Gasteiger partial charge in [0.1, 0.15) is 5.75 Å². The first kappa shape index (κ1) is 16.4. The zero-order valence-electron chi connectivity index (χ0n) is 12.7. The van der Waals surface area contributed by atoms with Crippen molar-refractivity contribution in [3.8, 4) is 5.75 Å². The molecule has 0 bridgehead atoms. The summed E-state index contributed by atoms with van der Waals surface area (Å²) < 4.78 is 42.9. The van der Waals surface area contributed by atoms with Gasteiger partial charge in [0.15, 0.2) is 5.43 Å². The molecule has 0 atom stereocenters. The number of halogens is 3. The summed E-state index contributed by atoms with van der Waals surface area (Å²) in [5.74, 6) is -1.67. The van der Waals surface area contributed by atoms with E-state index >= 15 is 0 Å². The van der Waals surface area contributed by atoms with E-state index in [1.807, 2.05) is 4.57 Å². The predicted octanol–water partition coefficient (Wildman–Crippen LogP) is 3.17. The Balaban J connectivity index is 2.25. The average Bonchev–Trinajstić information content (AvgIpc) is 3.27. The molecule has 3 rings (SSSR count). The lowest BCUT2D eigenvalue weighted by Crippen LogP contribution is -2.22. The highest BCUT2D eigenvalue weighted by atomic mass is 19.4. The van der Waals surface area contributed by atoms with Crippen molar-refractivity contribution in [2.24, 2.45) is 0 Å². The van der Waals surface area contributed by atoms with Gasteiger partial charge in [-0.2, -0.15) is 0 Å². The number of fused-ring (bicyclic) bond motifs is 1. The second-order valence-electron chi connectivity index (χ2n) is 5.79. The van der Waals surface area contributed by atoms with Crippen molar-refractivity contribution in [1.82, 2.24) is 4.57 Å². The Kier molecular flexibility index (Phi) is 3.77. The first-order valence-electron chi connectivity index (χ1n) is 7.32. The molecule has 1 saturated carbocycles. The van der Waals surface area contributed by atoms with Crippen LogP contribution < -0.4 is 10.2 Å². The van der Waals surface area contributed by atoms with Crippen molar-refractivity contribution >= 4 is 16.9 Å². The minimum Gasteiger partial charge on any atom is -0.481 e. The summed E-state index contributed by atoms with van der Waals surface area (Å²) in [7, 11) is 0. The van der Waals surface area contributed by atoms with E-state index in [2.05, 4.69) is 4.74 Å². The third kappa shape index (κ3) is 3.08. The molecular weight excluding hydrogens is 327 g/mol. The molecule has 0 unspecified atom stereocenters. The minimum absolute atomic E-state index is 0.0329. The highest BCUT2D eigenvalue weighted by molar-refractivity contribution is 5.83. The highest BCUT2D eigenvalue weighted by Gasteiger charge is 2.32. The van der Waals surface area contributed by atoms with Crippen LogP contribution >= 0.6 is 0 Å². The number of carboxylic acid groups (broad SMARTS) is 1. The van der Waals surface area contributed by atoms with Crippen LogP contribution in [0.5, 0.6) is 5.75 Å².